The van der Waals surface area contributed by atoms with E-state index < -0.39 is 0 Å². The van der Waals surface area contributed by atoms with Crippen molar-refractivity contribution >= 4 is 5.91 Å². The van der Waals surface area contributed by atoms with Crippen molar-refractivity contribution in [3.63, 3.8) is 0 Å². The predicted molar refractivity (Wildman–Crippen MR) is 93.4 cm³/mol. The minimum absolute atomic E-state index is 0.0349. The summed E-state index contributed by atoms with van der Waals surface area (Å²) >= 11 is 0. The van der Waals surface area contributed by atoms with Crippen molar-refractivity contribution in [1.82, 2.24) is 20.4 Å². The van der Waals surface area contributed by atoms with Gasteiger partial charge >= 0.3 is 0 Å². The highest BCUT2D eigenvalue weighted by molar-refractivity contribution is 5.78. The van der Waals surface area contributed by atoms with E-state index in [-0.39, 0.29) is 17.9 Å². The Morgan fingerprint density at radius 2 is 2.17 bits per heavy atom. The first-order valence-corrected chi connectivity index (χ1v) is 9.29. The third kappa shape index (κ3) is 4.79. The molecule has 0 unspecified atom stereocenters. The molecule has 0 spiro atoms. The lowest BCUT2D eigenvalue weighted by atomic mass is 9.92. The molecule has 6 nitrogen and oxygen atoms in total. The van der Waals surface area contributed by atoms with E-state index >= 15 is 0 Å². The quantitative estimate of drug-likeness (QED) is 0.829. The number of carbonyl (C=O) groups excluding carboxylic acids is 1. The number of rotatable bonds is 7. The molecule has 24 heavy (non-hydrogen) atoms. The van der Waals surface area contributed by atoms with Gasteiger partial charge in [0.05, 0.1) is 6.04 Å². The topological polar surface area (TPSA) is 71.3 Å². The standard InChI is InChI=1S/C18H32N4O2/c1-6-7-8-16-20-17(24-21-16)14(5)19-15-9-10-22(11-13(15)4)18(23)12(2)3/h12-15,19H,6-11H2,1-5H3/t13-,14-,15-/m0/s1. The molecule has 6 heteroatoms. The van der Waals surface area contributed by atoms with E-state index in [0.717, 1.165) is 44.6 Å². The van der Waals surface area contributed by atoms with E-state index in [2.05, 4.69) is 36.2 Å². The SMILES string of the molecule is CCCCc1noc([C@H](C)N[C@H]2CCN(C(=O)C(C)C)C[C@@H]2C)n1. The van der Waals surface area contributed by atoms with Gasteiger partial charge in [-0.3, -0.25) is 4.79 Å². The highest BCUT2D eigenvalue weighted by atomic mass is 16.5. The third-order valence-corrected chi connectivity index (χ3v) is 4.78. The zero-order chi connectivity index (χ0) is 17.7. The van der Waals surface area contributed by atoms with Crippen molar-refractivity contribution in [2.45, 2.75) is 72.4 Å². The van der Waals surface area contributed by atoms with E-state index in [1.165, 1.54) is 0 Å². The maximum absolute atomic E-state index is 12.2. The van der Waals surface area contributed by atoms with Gasteiger partial charge in [0.2, 0.25) is 11.8 Å². The summed E-state index contributed by atoms with van der Waals surface area (Å²) < 4.78 is 5.40. The highest BCUT2D eigenvalue weighted by Crippen LogP contribution is 2.22. The Balaban J connectivity index is 1.87. The van der Waals surface area contributed by atoms with Gasteiger partial charge in [-0.1, -0.05) is 39.3 Å². The van der Waals surface area contributed by atoms with E-state index in [1.807, 2.05) is 18.7 Å². The van der Waals surface area contributed by atoms with Gasteiger partial charge in [0.1, 0.15) is 0 Å². The molecule has 2 heterocycles. The molecule has 136 valence electrons. The first-order valence-electron chi connectivity index (χ1n) is 9.29. The lowest BCUT2D eigenvalue weighted by molar-refractivity contribution is -0.136. The van der Waals surface area contributed by atoms with Crippen molar-refractivity contribution in [3.8, 4) is 0 Å². The van der Waals surface area contributed by atoms with Gasteiger partial charge in [-0.2, -0.15) is 4.98 Å². The maximum Gasteiger partial charge on any atom is 0.243 e. The number of unbranched alkanes of at least 4 members (excludes halogenated alkanes) is 1. The van der Waals surface area contributed by atoms with Crippen LogP contribution in [-0.4, -0.2) is 40.1 Å². The number of aromatic nitrogens is 2. The summed E-state index contributed by atoms with van der Waals surface area (Å²) in [7, 11) is 0. The molecule has 0 aliphatic carbocycles. The summed E-state index contributed by atoms with van der Waals surface area (Å²) in [6.45, 7) is 12.0. The molecule has 1 aromatic heterocycles. The fourth-order valence-corrected chi connectivity index (χ4v) is 3.23. The molecule has 1 aliphatic rings. The fourth-order valence-electron chi connectivity index (χ4n) is 3.23. The zero-order valence-corrected chi connectivity index (χ0v) is 15.7. The van der Waals surface area contributed by atoms with Crippen LogP contribution in [0.3, 0.4) is 0 Å². The molecule has 1 saturated heterocycles. The van der Waals surface area contributed by atoms with E-state index in [1.54, 1.807) is 0 Å². The number of hydrogen-bond acceptors (Lipinski definition) is 5. The van der Waals surface area contributed by atoms with E-state index in [0.29, 0.717) is 17.9 Å². The molecule has 1 amide bonds. The average Bonchev–Trinajstić information content (AvgIpc) is 3.03. The summed E-state index contributed by atoms with van der Waals surface area (Å²) in [6.07, 6.45) is 4.04. The van der Waals surface area contributed by atoms with Crippen LogP contribution >= 0.6 is 0 Å². The molecule has 1 N–H and O–H groups in total. The van der Waals surface area contributed by atoms with Gasteiger partial charge in [-0.15, -0.1) is 0 Å². The van der Waals surface area contributed by atoms with Crippen molar-refractivity contribution < 1.29 is 9.32 Å². The molecular formula is C18H32N4O2. The normalized spacial score (nSPS) is 22.8. The van der Waals surface area contributed by atoms with Crippen LogP contribution in [0.25, 0.3) is 0 Å². The Hall–Kier alpha value is -1.43. The van der Waals surface area contributed by atoms with E-state index in [4.69, 9.17) is 4.52 Å². The monoisotopic (exact) mass is 336 g/mol. The van der Waals surface area contributed by atoms with Crippen LogP contribution < -0.4 is 5.32 Å². The summed E-state index contributed by atoms with van der Waals surface area (Å²) in [5.41, 5.74) is 0. The van der Waals surface area contributed by atoms with Crippen molar-refractivity contribution in [3.05, 3.63) is 11.7 Å². The largest absolute Gasteiger partial charge is 0.342 e. The Morgan fingerprint density at radius 1 is 1.42 bits per heavy atom. The minimum atomic E-state index is 0.0349. The summed E-state index contributed by atoms with van der Waals surface area (Å²) in [5, 5.41) is 7.67. The summed E-state index contributed by atoms with van der Waals surface area (Å²) in [4.78, 5) is 18.6. The van der Waals surface area contributed by atoms with Crippen molar-refractivity contribution in [1.29, 1.82) is 0 Å². The van der Waals surface area contributed by atoms with Gasteiger partial charge in [0.25, 0.3) is 0 Å². The molecule has 1 aromatic rings. The van der Waals surface area contributed by atoms with Gasteiger partial charge < -0.3 is 14.7 Å². The molecule has 1 fully saturated rings. The number of amides is 1. The van der Waals surface area contributed by atoms with Crippen LogP contribution in [0.4, 0.5) is 0 Å². The molecule has 0 bridgehead atoms. The smallest absolute Gasteiger partial charge is 0.243 e. The first kappa shape index (κ1) is 18.9. The molecule has 0 saturated carbocycles. The Morgan fingerprint density at radius 3 is 2.79 bits per heavy atom. The van der Waals surface area contributed by atoms with E-state index in [9.17, 15) is 4.79 Å². The molecule has 0 radical (unpaired) electrons. The first-order chi connectivity index (χ1) is 11.4. The number of carbonyl (C=O) groups is 1. The van der Waals surface area contributed by atoms with Crippen molar-refractivity contribution in [2.24, 2.45) is 11.8 Å². The second kappa shape index (κ2) is 8.60. The number of likely N-dealkylation sites (tertiary alicyclic amines) is 1. The van der Waals surface area contributed by atoms with Crippen LogP contribution in [0.2, 0.25) is 0 Å². The van der Waals surface area contributed by atoms with Gasteiger partial charge in [0, 0.05) is 31.5 Å². The zero-order valence-electron chi connectivity index (χ0n) is 15.7. The van der Waals surface area contributed by atoms with Gasteiger partial charge in [-0.25, -0.2) is 0 Å². The molecule has 3 atom stereocenters. The number of aryl methyl sites for hydroxylation is 1. The van der Waals surface area contributed by atoms with Gasteiger partial charge in [-0.05, 0) is 25.7 Å². The third-order valence-electron chi connectivity index (χ3n) is 4.78. The predicted octanol–water partition coefficient (Wildman–Crippen LogP) is 2.96. The fraction of sp³-hybridized carbons (Fsp3) is 0.833. The number of hydrogen-bond donors (Lipinski definition) is 1. The van der Waals surface area contributed by atoms with Crippen LogP contribution in [0.1, 0.15) is 71.6 Å². The van der Waals surface area contributed by atoms with Crippen LogP contribution in [0.15, 0.2) is 4.52 Å². The average molecular weight is 336 g/mol. The highest BCUT2D eigenvalue weighted by Gasteiger charge is 2.31. The second-order valence-electron chi connectivity index (χ2n) is 7.35. The maximum atomic E-state index is 12.2. The summed E-state index contributed by atoms with van der Waals surface area (Å²) in [6, 6.07) is 0.398. The van der Waals surface area contributed by atoms with Gasteiger partial charge in [0.15, 0.2) is 5.82 Å². The number of nitrogens with one attached hydrogen (secondary N) is 1. The molecule has 1 aliphatic heterocycles. The summed E-state index contributed by atoms with van der Waals surface area (Å²) in [5.74, 6) is 2.19. The minimum Gasteiger partial charge on any atom is -0.342 e. The van der Waals surface area contributed by atoms with Crippen LogP contribution in [-0.2, 0) is 11.2 Å². The molecule has 0 aromatic carbocycles. The van der Waals surface area contributed by atoms with Crippen LogP contribution in [0, 0.1) is 11.8 Å². The number of nitrogens with zero attached hydrogens (tertiary/aromatic N) is 3. The molecule has 2 rings (SSSR count). The second-order valence-corrected chi connectivity index (χ2v) is 7.35. The molecular weight excluding hydrogens is 304 g/mol. The Kier molecular flexibility index (Phi) is 6.78. The lowest BCUT2D eigenvalue weighted by Gasteiger charge is -2.39. The number of piperidine rings is 1. The van der Waals surface area contributed by atoms with Crippen LogP contribution in [0.5, 0.6) is 0 Å². The Labute approximate surface area is 145 Å². The Bertz CT molecular complexity index is 529. The van der Waals surface area contributed by atoms with Crippen molar-refractivity contribution in [2.75, 3.05) is 13.1 Å². The lowest BCUT2D eigenvalue weighted by Crippen LogP contribution is -2.51.